The van der Waals surface area contributed by atoms with E-state index in [-0.39, 0.29) is 38.1 Å². The minimum atomic E-state index is -0.118. The molecule has 0 saturated heterocycles. The van der Waals surface area contributed by atoms with E-state index in [1.54, 1.807) is 12.1 Å². The van der Waals surface area contributed by atoms with Crippen LogP contribution in [0.1, 0.15) is 152 Å². The van der Waals surface area contributed by atoms with Gasteiger partial charge in [-0.1, -0.05) is 127 Å². The number of carbonyl (C=O) groups excluding carboxylic acids is 1. The van der Waals surface area contributed by atoms with Crippen LogP contribution < -0.4 is 0 Å². The van der Waals surface area contributed by atoms with Crippen LogP contribution in [0.4, 0.5) is 0 Å². The molecule has 0 saturated carbocycles. The second-order valence-electron chi connectivity index (χ2n) is 16.1. The quantitative estimate of drug-likeness (QED) is 0.107. The van der Waals surface area contributed by atoms with Crippen molar-refractivity contribution in [2.24, 2.45) is 16.7 Å². The van der Waals surface area contributed by atoms with Crippen LogP contribution in [-0.2, 0) is 16.0 Å². The van der Waals surface area contributed by atoms with Crippen molar-refractivity contribution in [2.75, 3.05) is 11.5 Å². The van der Waals surface area contributed by atoms with E-state index in [0.29, 0.717) is 18.8 Å². The Morgan fingerprint density at radius 3 is 2.00 bits per heavy atom. The Bertz CT molecular complexity index is 897. The Kier molecular flexibility index (Phi) is 17.8. The van der Waals surface area contributed by atoms with Crippen LogP contribution in [0.5, 0.6) is 5.75 Å². The van der Waals surface area contributed by atoms with Crippen molar-refractivity contribution in [3.05, 3.63) is 29.8 Å². The summed E-state index contributed by atoms with van der Waals surface area (Å²) in [6, 6.07) is 7.13. The van der Waals surface area contributed by atoms with Gasteiger partial charge in [-0.15, -0.1) is 0 Å². The molecule has 0 fully saturated rings. The highest BCUT2D eigenvalue weighted by atomic mass is 32.2. The standard InChI is InChI=1S/C38H68O3S2/c1-12-14-16-17-25-38(11,29-35(3,4)5)43-28-33(41-34(40)24-21-30-19-22-32(39)23-20-30)27-42-37(9,10)26-31(18-15-13-2)36(6,7)8/h19-20,22-23,31,33,39H,12-18,21,24-29H2,1-11H3. The van der Waals surface area contributed by atoms with Crippen LogP contribution in [0, 0.1) is 16.7 Å². The monoisotopic (exact) mass is 636 g/mol. The maximum absolute atomic E-state index is 13.2. The molecule has 3 unspecified atom stereocenters. The molecule has 43 heavy (non-hydrogen) atoms. The summed E-state index contributed by atoms with van der Waals surface area (Å²) in [6.07, 6.45) is 13.3. The number of unbranched alkanes of at least 4 members (excludes halogenated alkanes) is 4. The fraction of sp³-hybridized carbons (Fsp3) is 0.816. The van der Waals surface area contributed by atoms with E-state index in [0.717, 1.165) is 23.5 Å². The number of carbonyl (C=O) groups is 1. The van der Waals surface area contributed by atoms with Gasteiger partial charge in [0.05, 0.1) is 0 Å². The first-order chi connectivity index (χ1) is 19.9. The molecular formula is C38H68O3S2. The molecule has 0 aliphatic heterocycles. The van der Waals surface area contributed by atoms with Gasteiger partial charge in [0.1, 0.15) is 11.9 Å². The first kappa shape index (κ1) is 40.2. The lowest BCUT2D eigenvalue weighted by atomic mass is 9.73. The van der Waals surface area contributed by atoms with Crippen LogP contribution in [0.25, 0.3) is 0 Å². The number of hydrogen-bond acceptors (Lipinski definition) is 5. The fourth-order valence-electron chi connectivity index (χ4n) is 6.09. The van der Waals surface area contributed by atoms with Crippen LogP contribution in [0.15, 0.2) is 24.3 Å². The highest BCUT2D eigenvalue weighted by Gasteiger charge is 2.34. The van der Waals surface area contributed by atoms with Crippen LogP contribution in [0.3, 0.4) is 0 Å². The van der Waals surface area contributed by atoms with Crippen molar-refractivity contribution in [3.63, 3.8) is 0 Å². The molecule has 1 aromatic carbocycles. The van der Waals surface area contributed by atoms with Gasteiger partial charge in [0.2, 0.25) is 0 Å². The molecule has 1 aromatic rings. The van der Waals surface area contributed by atoms with Gasteiger partial charge < -0.3 is 9.84 Å². The molecule has 1 rings (SSSR count). The highest BCUT2D eigenvalue weighted by Crippen LogP contribution is 2.44. The molecule has 0 aliphatic carbocycles. The molecule has 0 radical (unpaired) electrons. The van der Waals surface area contributed by atoms with E-state index in [1.165, 1.54) is 57.8 Å². The summed E-state index contributed by atoms with van der Waals surface area (Å²) in [5, 5.41) is 9.60. The number of esters is 1. The number of hydrogen-bond donors (Lipinski definition) is 1. The molecule has 0 bridgehead atoms. The maximum atomic E-state index is 13.2. The summed E-state index contributed by atoms with van der Waals surface area (Å²) in [5.74, 6) is 2.48. The Hall–Kier alpha value is -0.810. The zero-order valence-corrected chi connectivity index (χ0v) is 31.6. The third kappa shape index (κ3) is 18.7. The van der Waals surface area contributed by atoms with Crippen molar-refractivity contribution in [2.45, 2.75) is 169 Å². The van der Waals surface area contributed by atoms with Gasteiger partial charge in [-0.3, -0.25) is 4.79 Å². The number of rotatable bonds is 21. The molecule has 5 heteroatoms. The number of thioether (sulfide) groups is 2. The molecule has 250 valence electrons. The lowest BCUT2D eigenvalue weighted by Gasteiger charge is -2.38. The molecule has 3 nitrogen and oxygen atoms in total. The van der Waals surface area contributed by atoms with E-state index in [4.69, 9.17) is 4.74 Å². The minimum Gasteiger partial charge on any atom is -0.508 e. The third-order valence-corrected chi connectivity index (χ3v) is 11.5. The van der Waals surface area contributed by atoms with Crippen molar-refractivity contribution in [3.8, 4) is 5.75 Å². The second-order valence-corrected chi connectivity index (χ2v) is 19.4. The predicted molar refractivity (Wildman–Crippen MR) is 194 cm³/mol. The van der Waals surface area contributed by atoms with Gasteiger partial charge in [-0.2, -0.15) is 23.5 Å². The zero-order valence-electron chi connectivity index (χ0n) is 29.9. The van der Waals surface area contributed by atoms with Crippen molar-refractivity contribution in [1.29, 1.82) is 0 Å². The Morgan fingerprint density at radius 1 is 0.837 bits per heavy atom. The highest BCUT2D eigenvalue weighted by molar-refractivity contribution is 8.01. The number of phenols is 1. The van der Waals surface area contributed by atoms with Crippen molar-refractivity contribution in [1.82, 2.24) is 0 Å². The van der Waals surface area contributed by atoms with E-state index in [1.807, 2.05) is 35.7 Å². The van der Waals surface area contributed by atoms with Gasteiger partial charge in [0, 0.05) is 27.4 Å². The number of benzene rings is 1. The molecule has 0 spiro atoms. The smallest absolute Gasteiger partial charge is 0.306 e. The molecule has 0 amide bonds. The number of ether oxygens (including phenoxy) is 1. The summed E-state index contributed by atoms with van der Waals surface area (Å²) in [4.78, 5) is 13.2. The zero-order chi connectivity index (χ0) is 32.7. The van der Waals surface area contributed by atoms with Gasteiger partial charge in [0.15, 0.2) is 0 Å². The van der Waals surface area contributed by atoms with Gasteiger partial charge in [-0.05, 0) is 66.5 Å². The Morgan fingerprint density at radius 2 is 1.44 bits per heavy atom. The normalized spacial score (nSPS) is 15.6. The van der Waals surface area contributed by atoms with Crippen LogP contribution in [-0.4, -0.2) is 38.2 Å². The van der Waals surface area contributed by atoms with Crippen molar-refractivity contribution >= 4 is 29.5 Å². The Labute approximate surface area is 275 Å². The average molecular weight is 637 g/mol. The fourth-order valence-corrected chi connectivity index (χ4v) is 8.98. The minimum absolute atomic E-state index is 0.111. The topological polar surface area (TPSA) is 46.5 Å². The maximum Gasteiger partial charge on any atom is 0.306 e. The number of aromatic hydroxyl groups is 1. The van der Waals surface area contributed by atoms with Crippen LogP contribution >= 0.6 is 23.5 Å². The third-order valence-electron chi connectivity index (χ3n) is 8.46. The van der Waals surface area contributed by atoms with E-state index in [2.05, 4.69) is 76.2 Å². The first-order valence-corrected chi connectivity index (χ1v) is 19.1. The molecule has 1 N–H and O–H groups in total. The number of phenolic OH excluding ortho intramolecular Hbond substituents is 1. The number of aryl methyl sites for hydroxylation is 1. The summed E-state index contributed by atoms with van der Waals surface area (Å²) >= 11 is 4.03. The lowest BCUT2D eigenvalue weighted by Crippen LogP contribution is -2.33. The molecular weight excluding hydrogens is 569 g/mol. The van der Waals surface area contributed by atoms with Crippen molar-refractivity contribution < 1.29 is 14.6 Å². The first-order valence-electron chi connectivity index (χ1n) is 17.1. The van der Waals surface area contributed by atoms with E-state index in [9.17, 15) is 9.90 Å². The molecule has 3 atom stereocenters. The largest absolute Gasteiger partial charge is 0.508 e. The average Bonchev–Trinajstić information content (AvgIpc) is 2.89. The summed E-state index contributed by atoms with van der Waals surface area (Å²) in [7, 11) is 0. The second kappa shape index (κ2) is 19.0. The molecule has 0 aromatic heterocycles. The summed E-state index contributed by atoms with van der Waals surface area (Å²) in [5.41, 5.74) is 1.58. The van der Waals surface area contributed by atoms with Gasteiger partial charge in [-0.25, -0.2) is 0 Å². The summed E-state index contributed by atoms with van der Waals surface area (Å²) < 4.78 is 6.55. The SMILES string of the molecule is CCCCCCC(C)(CC(C)(C)C)SCC(CSC(C)(C)CC(CCCC)C(C)(C)C)OC(=O)CCc1ccc(O)cc1. The van der Waals surface area contributed by atoms with E-state index >= 15 is 0 Å². The van der Waals surface area contributed by atoms with Gasteiger partial charge in [0.25, 0.3) is 0 Å². The molecule has 0 heterocycles. The van der Waals surface area contributed by atoms with E-state index < -0.39 is 0 Å². The van der Waals surface area contributed by atoms with Gasteiger partial charge >= 0.3 is 5.97 Å². The lowest BCUT2D eigenvalue weighted by molar-refractivity contribution is -0.146. The predicted octanol–water partition coefficient (Wildman–Crippen LogP) is 11.9. The summed E-state index contributed by atoms with van der Waals surface area (Å²) in [6.45, 7) is 26.0. The Balaban J connectivity index is 3.01. The molecule has 0 aliphatic rings. The van der Waals surface area contributed by atoms with Crippen LogP contribution in [0.2, 0.25) is 0 Å².